The Hall–Kier alpha value is -3.73. The van der Waals surface area contributed by atoms with Crippen LogP contribution >= 0.6 is 0 Å². The number of hydrogen-bond donors (Lipinski definition) is 1. The molecule has 0 aliphatic carbocycles. The quantitative estimate of drug-likeness (QED) is 0.422. The zero-order valence-corrected chi connectivity index (χ0v) is 18.2. The van der Waals surface area contributed by atoms with Crippen LogP contribution in [0.1, 0.15) is 29.3 Å². The molecule has 0 atom stereocenters. The molecular formula is C23H21F3N4O4. The summed E-state index contributed by atoms with van der Waals surface area (Å²) < 4.78 is 43.7. The number of benzene rings is 2. The molecule has 8 nitrogen and oxygen atoms in total. The first kappa shape index (κ1) is 23.4. The van der Waals surface area contributed by atoms with Crippen molar-refractivity contribution in [2.75, 3.05) is 13.2 Å². The summed E-state index contributed by atoms with van der Waals surface area (Å²) >= 11 is 0. The molecule has 4 rings (SSSR count). The maximum absolute atomic E-state index is 12.8. The van der Waals surface area contributed by atoms with Gasteiger partial charge in [0, 0.05) is 37.7 Å². The Labute approximate surface area is 192 Å². The topological polar surface area (TPSA) is 101 Å². The minimum Gasteiger partial charge on any atom is -0.487 e. The van der Waals surface area contributed by atoms with Gasteiger partial charge in [0.25, 0.3) is 5.56 Å². The van der Waals surface area contributed by atoms with Crippen LogP contribution in [0.2, 0.25) is 0 Å². The smallest absolute Gasteiger partial charge is 0.416 e. The van der Waals surface area contributed by atoms with Crippen molar-refractivity contribution in [3.05, 3.63) is 85.3 Å². The highest BCUT2D eigenvalue weighted by Gasteiger charge is 2.30. The fraction of sp³-hybridized carbons (Fsp3) is 0.304. The summed E-state index contributed by atoms with van der Waals surface area (Å²) in [5.41, 5.74) is 0.915. The normalized spacial score (nSPS) is 14.0. The predicted molar refractivity (Wildman–Crippen MR) is 117 cm³/mol. The maximum atomic E-state index is 12.8. The van der Waals surface area contributed by atoms with Gasteiger partial charge in [-0.15, -0.1) is 0 Å². The Morgan fingerprint density at radius 1 is 1.21 bits per heavy atom. The SMILES string of the molecule is CCOc1ccc(CN2CCc3nc(-c4ccc(C(F)(F)F)cc4)[nH]c(=O)c3C2)cc1[N+](=O)[O-]. The molecule has 0 amide bonds. The molecule has 2 heterocycles. The summed E-state index contributed by atoms with van der Waals surface area (Å²) in [6, 6.07) is 9.25. The third kappa shape index (κ3) is 4.93. The fourth-order valence-corrected chi connectivity index (χ4v) is 3.91. The summed E-state index contributed by atoms with van der Waals surface area (Å²) in [4.78, 5) is 32.7. The van der Waals surface area contributed by atoms with Gasteiger partial charge in [0.15, 0.2) is 5.75 Å². The van der Waals surface area contributed by atoms with Crippen molar-refractivity contribution < 1.29 is 22.8 Å². The first-order chi connectivity index (χ1) is 16.2. The minimum absolute atomic E-state index is 0.113. The van der Waals surface area contributed by atoms with Crippen LogP contribution in [-0.2, 0) is 25.7 Å². The molecule has 11 heteroatoms. The number of nitrogens with zero attached hydrogens (tertiary/aromatic N) is 3. The number of fused-ring (bicyclic) bond motifs is 1. The molecule has 0 saturated heterocycles. The molecule has 1 aliphatic heterocycles. The van der Waals surface area contributed by atoms with Gasteiger partial charge in [-0.3, -0.25) is 19.8 Å². The predicted octanol–water partition coefficient (Wildman–Crippen LogP) is 4.32. The van der Waals surface area contributed by atoms with Gasteiger partial charge in [0.2, 0.25) is 0 Å². The minimum atomic E-state index is -4.44. The van der Waals surface area contributed by atoms with E-state index in [0.717, 1.165) is 12.1 Å². The zero-order chi connectivity index (χ0) is 24.5. The molecule has 1 aromatic heterocycles. The fourth-order valence-electron chi connectivity index (χ4n) is 3.91. The number of hydrogen-bond acceptors (Lipinski definition) is 6. The summed E-state index contributed by atoms with van der Waals surface area (Å²) in [6.07, 6.45) is -3.98. The van der Waals surface area contributed by atoms with Crippen LogP contribution in [-0.4, -0.2) is 32.9 Å². The van der Waals surface area contributed by atoms with Gasteiger partial charge in [0.05, 0.1) is 28.4 Å². The average molecular weight is 474 g/mol. The lowest BCUT2D eigenvalue weighted by atomic mass is 10.0. The van der Waals surface area contributed by atoms with Crippen LogP contribution in [0.4, 0.5) is 18.9 Å². The van der Waals surface area contributed by atoms with Gasteiger partial charge in [-0.2, -0.15) is 13.2 Å². The molecule has 0 fully saturated rings. The number of alkyl halides is 3. The number of halogens is 3. The van der Waals surface area contributed by atoms with Crippen molar-refractivity contribution in [1.29, 1.82) is 0 Å². The zero-order valence-electron chi connectivity index (χ0n) is 18.2. The molecule has 2 aromatic carbocycles. The number of nitrogens with one attached hydrogen (secondary N) is 1. The van der Waals surface area contributed by atoms with Gasteiger partial charge < -0.3 is 9.72 Å². The van der Waals surface area contributed by atoms with E-state index in [0.29, 0.717) is 55.0 Å². The number of aromatic nitrogens is 2. The van der Waals surface area contributed by atoms with E-state index in [1.165, 1.54) is 18.2 Å². The number of nitro groups is 1. The summed E-state index contributed by atoms with van der Waals surface area (Å²) in [7, 11) is 0. The molecule has 34 heavy (non-hydrogen) atoms. The lowest BCUT2D eigenvalue weighted by molar-refractivity contribution is -0.385. The molecule has 1 N–H and O–H groups in total. The molecule has 0 radical (unpaired) electrons. The molecule has 0 bridgehead atoms. The van der Waals surface area contributed by atoms with Crippen LogP contribution in [0.3, 0.4) is 0 Å². The lowest BCUT2D eigenvalue weighted by Gasteiger charge is -2.27. The van der Waals surface area contributed by atoms with Gasteiger partial charge in [0.1, 0.15) is 5.82 Å². The Kier molecular flexibility index (Phi) is 6.38. The Bertz CT molecular complexity index is 1270. The van der Waals surface area contributed by atoms with Crippen LogP contribution in [0.25, 0.3) is 11.4 Å². The van der Waals surface area contributed by atoms with E-state index in [4.69, 9.17) is 4.74 Å². The van der Waals surface area contributed by atoms with Crippen molar-refractivity contribution in [3.8, 4) is 17.1 Å². The molecule has 0 saturated carbocycles. The first-order valence-corrected chi connectivity index (χ1v) is 10.6. The van der Waals surface area contributed by atoms with E-state index in [9.17, 15) is 28.1 Å². The molecule has 3 aromatic rings. The van der Waals surface area contributed by atoms with Gasteiger partial charge >= 0.3 is 11.9 Å². The van der Waals surface area contributed by atoms with E-state index >= 15 is 0 Å². The third-order valence-electron chi connectivity index (χ3n) is 5.56. The Balaban J connectivity index is 1.53. The van der Waals surface area contributed by atoms with E-state index in [-0.39, 0.29) is 22.8 Å². The second-order valence-electron chi connectivity index (χ2n) is 7.87. The highest BCUT2D eigenvalue weighted by molar-refractivity contribution is 5.56. The first-order valence-electron chi connectivity index (χ1n) is 10.6. The number of H-pyrrole nitrogens is 1. The Morgan fingerprint density at radius 3 is 2.59 bits per heavy atom. The molecule has 0 unspecified atom stereocenters. The summed E-state index contributed by atoms with van der Waals surface area (Å²) in [5, 5.41) is 11.4. The van der Waals surface area contributed by atoms with Crippen molar-refractivity contribution in [1.82, 2.24) is 14.9 Å². The third-order valence-corrected chi connectivity index (χ3v) is 5.56. The standard InChI is InChI=1S/C23H21F3N4O4/c1-2-34-20-8-3-14(11-19(20)30(32)33)12-29-10-9-18-17(13-29)22(31)28-21(27-18)15-4-6-16(7-5-15)23(24,25)26/h3-8,11H,2,9-10,12-13H2,1H3,(H,27,28,31). The number of ether oxygens (including phenoxy) is 1. The lowest BCUT2D eigenvalue weighted by Crippen LogP contribution is -2.35. The van der Waals surface area contributed by atoms with Gasteiger partial charge in [-0.25, -0.2) is 4.98 Å². The largest absolute Gasteiger partial charge is 0.487 e. The van der Waals surface area contributed by atoms with Crippen molar-refractivity contribution in [3.63, 3.8) is 0 Å². The summed E-state index contributed by atoms with van der Waals surface area (Å²) in [5.74, 6) is 0.421. The van der Waals surface area contributed by atoms with Crippen molar-refractivity contribution in [2.45, 2.75) is 32.6 Å². The average Bonchev–Trinajstić information content (AvgIpc) is 2.80. The van der Waals surface area contributed by atoms with Gasteiger partial charge in [-0.05, 0) is 30.7 Å². The van der Waals surface area contributed by atoms with E-state index in [1.807, 2.05) is 4.90 Å². The second kappa shape index (κ2) is 9.26. The van der Waals surface area contributed by atoms with Crippen molar-refractivity contribution >= 4 is 5.69 Å². The second-order valence-corrected chi connectivity index (χ2v) is 7.87. The van der Waals surface area contributed by atoms with Crippen LogP contribution in [0.15, 0.2) is 47.3 Å². The molecule has 178 valence electrons. The highest BCUT2D eigenvalue weighted by atomic mass is 19.4. The number of rotatable bonds is 6. The highest BCUT2D eigenvalue weighted by Crippen LogP contribution is 2.31. The Morgan fingerprint density at radius 2 is 1.94 bits per heavy atom. The van der Waals surface area contributed by atoms with E-state index < -0.39 is 16.7 Å². The van der Waals surface area contributed by atoms with E-state index in [2.05, 4.69) is 9.97 Å². The van der Waals surface area contributed by atoms with Crippen LogP contribution < -0.4 is 10.3 Å². The van der Waals surface area contributed by atoms with Crippen molar-refractivity contribution in [2.24, 2.45) is 0 Å². The monoisotopic (exact) mass is 474 g/mol. The number of aromatic amines is 1. The van der Waals surface area contributed by atoms with Crippen LogP contribution in [0, 0.1) is 10.1 Å². The summed E-state index contributed by atoms with van der Waals surface area (Å²) in [6.45, 7) is 3.32. The molecular weight excluding hydrogens is 453 g/mol. The van der Waals surface area contributed by atoms with Gasteiger partial charge in [-0.1, -0.05) is 18.2 Å². The number of nitro benzene ring substituents is 1. The van der Waals surface area contributed by atoms with Crippen LogP contribution in [0.5, 0.6) is 5.75 Å². The molecule has 1 aliphatic rings. The molecule has 0 spiro atoms. The van der Waals surface area contributed by atoms with E-state index in [1.54, 1.807) is 19.1 Å². The maximum Gasteiger partial charge on any atom is 0.416 e.